The van der Waals surface area contributed by atoms with Crippen LogP contribution in [0.25, 0.3) is 54.6 Å². The molecule has 0 spiro atoms. The predicted octanol–water partition coefficient (Wildman–Crippen LogP) is 8.41. The maximum Gasteiger partial charge on any atom is 0.148 e. The fourth-order valence-corrected chi connectivity index (χ4v) is 5.56. The summed E-state index contributed by atoms with van der Waals surface area (Å²) in [5.74, 6) is 0.685. The highest BCUT2D eigenvalue weighted by molar-refractivity contribution is 6.09. The monoisotopic (exact) mass is 502 g/mol. The Balaban J connectivity index is 1.21. The highest BCUT2D eigenvalue weighted by Crippen LogP contribution is 2.30. The van der Waals surface area contributed by atoms with Crippen LogP contribution in [0.5, 0.6) is 0 Å². The van der Waals surface area contributed by atoms with Gasteiger partial charge in [-0.2, -0.15) is 10.2 Å². The quantitative estimate of drug-likeness (QED) is 0.223. The summed E-state index contributed by atoms with van der Waals surface area (Å²) >= 11 is 0. The standard InChI is InChI=1S/C34H22N4O/c1-5-16-30-26(12-1)27-13-2-6-17-31(27)37(30)35-21-24-11-9-10-23-20-25(39-34(23)24)22-36-38-32-18-7-3-14-28(32)29-15-4-8-19-33(29)38/h1-22H. The minimum Gasteiger partial charge on any atom is -0.454 e. The Hall–Kier alpha value is -5.42. The van der Waals surface area contributed by atoms with Crippen molar-refractivity contribution in [3.8, 4) is 0 Å². The summed E-state index contributed by atoms with van der Waals surface area (Å²) in [6, 6.07) is 41.5. The molecule has 0 aliphatic heterocycles. The van der Waals surface area contributed by atoms with E-state index < -0.39 is 0 Å². The number of para-hydroxylation sites is 5. The van der Waals surface area contributed by atoms with Gasteiger partial charge in [-0.25, -0.2) is 9.35 Å². The number of fused-ring (bicyclic) bond motifs is 7. The van der Waals surface area contributed by atoms with Gasteiger partial charge in [0.25, 0.3) is 0 Å². The minimum absolute atomic E-state index is 0.685. The van der Waals surface area contributed by atoms with Crippen molar-refractivity contribution in [1.29, 1.82) is 0 Å². The molecule has 8 rings (SSSR count). The van der Waals surface area contributed by atoms with Gasteiger partial charge in [0, 0.05) is 32.5 Å². The molecule has 0 aliphatic rings. The van der Waals surface area contributed by atoms with Crippen molar-refractivity contribution >= 4 is 67.0 Å². The highest BCUT2D eigenvalue weighted by Gasteiger charge is 2.11. The SMILES string of the molecule is C(=Nn1c2ccccc2c2ccccc21)c1cc2cccc(C=Nn3c4ccccc4c4ccccc43)c2o1. The molecule has 5 nitrogen and oxygen atoms in total. The third-order valence-electron chi connectivity index (χ3n) is 7.32. The Kier molecular flexibility index (Phi) is 4.76. The van der Waals surface area contributed by atoms with E-state index >= 15 is 0 Å². The topological polar surface area (TPSA) is 47.7 Å². The third-order valence-corrected chi connectivity index (χ3v) is 7.32. The van der Waals surface area contributed by atoms with Crippen LogP contribution in [0.1, 0.15) is 11.3 Å². The second-order valence-corrected chi connectivity index (χ2v) is 9.60. The second kappa shape index (κ2) is 8.57. The van der Waals surface area contributed by atoms with E-state index in [1.165, 1.54) is 21.5 Å². The van der Waals surface area contributed by atoms with Crippen molar-refractivity contribution in [3.63, 3.8) is 0 Å². The van der Waals surface area contributed by atoms with Crippen molar-refractivity contribution in [1.82, 2.24) is 9.35 Å². The highest BCUT2D eigenvalue weighted by atomic mass is 16.3. The molecule has 8 aromatic rings. The van der Waals surface area contributed by atoms with Gasteiger partial charge in [0.15, 0.2) is 0 Å². The van der Waals surface area contributed by atoms with Gasteiger partial charge in [0.1, 0.15) is 11.3 Å². The summed E-state index contributed by atoms with van der Waals surface area (Å²) in [7, 11) is 0. The summed E-state index contributed by atoms with van der Waals surface area (Å²) in [6.45, 7) is 0. The molecular formula is C34H22N4O. The molecule has 5 heteroatoms. The average Bonchev–Trinajstić information content (AvgIpc) is 3.65. The van der Waals surface area contributed by atoms with E-state index in [9.17, 15) is 0 Å². The molecule has 3 heterocycles. The molecule has 0 amide bonds. The summed E-state index contributed by atoms with van der Waals surface area (Å²) in [4.78, 5) is 0. The zero-order chi connectivity index (χ0) is 25.8. The minimum atomic E-state index is 0.685. The van der Waals surface area contributed by atoms with E-state index in [-0.39, 0.29) is 0 Å². The fourth-order valence-electron chi connectivity index (χ4n) is 5.56. The van der Waals surface area contributed by atoms with Crippen molar-refractivity contribution in [2.75, 3.05) is 0 Å². The molecule has 0 saturated carbocycles. The molecule has 184 valence electrons. The van der Waals surface area contributed by atoms with Gasteiger partial charge < -0.3 is 4.42 Å². The molecular weight excluding hydrogens is 480 g/mol. The zero-order valence-corrected chi connectivity index (χ0v) is 20.9. The van der Waals surface area contributed by atoms with Crippen LogP contribution in [0.15, 0.2) is 136 Å². The molecule has 0 saturated heterocycles. The lowest BCUT2D eigenvalue weighted by atomic mass is 10.2. The number of benzene rings is 5. The second-order valence-electron chi connectivity index (χ2n) is 9.60. The summed E-state index contributed by atoms with van der Waals surface area (Å²) in [5, 5.41) is 15.5. The molecule has 0 unspecified atom stereocenters. The van der Waals surface area contributed by atoms with E-state index in [1.54, 1.807) is 6.21 Å². The van der Waals surface area contributed by atoms with E-state index in [4.69, 9.17) is 14.6 Å². The van der Waals surface area contributed by atoms with E-state index in [0.29, 0.717) is 5.76 Å². The number of aromatic nitrogens is 2. The Morgan fingerprint density at radius 2 is 0.949 bits per heavy atom. The molecule has 5 aromatic carbocycles. The molecule has 0 bridgehead atoms. The Morgan fingerprint density at radius 3 is 1.46 bits per heavy atom. The van der Waals surface area contributed by atoms with E-state index in [0.717, 1.165) is 38.6 Å². The molecule has 0 fully saturated rings. The summed E-state index contributed by atoms with van der Waals surface area (Å²) in [6.07, 6.45) is 3.66. The van der Waals surface area contributed by atoms with Gasteiger partial charge in [-0.05, 0) is 36.4 Å². The van der Waals surface area contributed by atoms with Crippen LogP contribution in [0, 0.1) is 0 Å². The first kappa shape index (κ1) is 21.6. The van der Waals surface area contributed by atoms with Crippen LogP contribution < -0.4 is 0 Å². The average molecular weight is 503 g/mol. The lowest BCUT2D eigenvalue weighted by Crippen LogP contribution is -1.91. The van der Waals surface area contributed by atoms with Crippen LogP contribution >= 0.6 is 0 Å². The first-order valence-corrected chi connectivity index (χ1v) is 12.9. The first-order chi connectivity index (χ1) is 19.3. The van der Waals surface area contributed by atoms with Crippen LogP contribution in [0.3, 0.4) is 0 Å². The predicted molar refractivity (Wildman–Crippen MR) is 161 cm³/mol. The van der Waals surface area contributed by atoms with E-state index in [1.807, 2.05) is 58.0 Å². The van der Waals surface area contributed by atoms with Crippen molar-refractivity contribution < 1.29 is 4.42 Å². The number of rotatable bonds is 4. The first-order valence-electron chi connectivity index (χ1n) is 12.9. The number of furan rings is 1. The molecule has 0 N–H and O–H groups in total. The van der Waals surface area contributed by atoms with Crippen molar-refractivity contribution in [2.45, 2.75) is 0 Å². The zero-order valence-electron chi connectivity index (χ0n) is 20.9. The lowest BCUT2D eigenvalue weighted by Gasteiger charge is -2.00. The molecule has 39 heavy (non-hydrogen) atoms. The largest absolute Gasteiger partial charge is 0.454 e. The molecule has 0 atom stereocenters. The Morgan fingerprint density at radius 1 is 0.487 bits per heavy atom. The number of hydrogen-bond donors (Lipinski definition) is 0. The maximum atomic E-state index is 6.30. The van der Waals surface area contributed by atoms with Crippen LogP contribution in [-0.2, 0) is 0 Å². The van der Waals surface area contributed by atoms with Crippen LogP contribution in [0.4, 0.5) is 0 Å². The summed E-state index contributed by atoms with van der Waals surface area (Å²) < 4.78 is 10.3. The van der Waals surface area contributed by atoms with Gasteiger partial charge in [0.2, 0.25) is 0 Å². The Labute approximate surface area is 223 Å². The van der Waals surface area contributed by atoms with E-state index in [2.05, 4.69) is 78.9 Å². The molecule has 3 aromatic heterocycles. The summed E-state index contributed by atoms with van der Waals surface area (Å²) in [5.41, 5.74) is 5.95. The third kappa shape index (κ3) is 3.41. The maximum absolute atomic E-state index is 6.30. The smallest absolute Gasteiger partial charge is 0.148 e. The van der Waals surface area contributed by atoms with Crippen LogP contribution in [0.2, 0.25) is 0 Å². The number of hydrogen-bond acceptors (Lipinski definition) is 3. The molecule has 0 radical (unpaired) electrons. The molecule has 0 aliphatic carbocycles. The van der Waals surface area contributed by atoms with Crippen LogP contribution in [-0.4, -0.2) is 21.8 Å². The van der Waals surface area contributed by atoms with Gasteiger partial charge in [-0.3, -0.25) is 0 Å². The van der Waals surface area contributed by atoms with Gasteiger partial charge in [-0.15, -0.1) is 0 Å². The van der Waals surface area contributed by atoms with Gasteiger partial charge >= 0.3 is 0 Å². The Bertz CT molecular complexity index is 2140. The van der Waals surface area contributed by atoms with Crippen molar-refractivity contribution in [2.24, 2.45) is 10.2 Å². The van der Waals surface area contributed by atoms with Crippen molar-refractivity contribution in [3.05, 3.63) is 133 Å². The van der Waals surface area contributed by atoms with Gasteiger partial charge in [-0.1, -0.05) is 84.9 Å². The normalized spacial score (nSPS) is 12.4. The number of nitrogens with zero attached hydrogens (tertiary/aromatic N) is 4. The van der Waals surface area contributed by atoms with Gasteiger partial charge in [0.05, 0.1) is 34.5 Å². The fraction of sp³-hybridized carbons (Fsp3) is 0. The lowest BCUT2D eigenvalue weighted by molar-refractivity contribution is 0.606.